The summed E-state index contributed by atoms with van der Waals surface area (Å²) in [6.07, 6.45) is 6.43. The summed E-state index contributed by atoms with van der Waals surface area (Å²) in [6.45, 7) is 6.27. The number of carbonyl (C=O) groups is 2. The van der Waals surface area contributed by atoms with Crippen molar-refractivity contribution < 1.29 is 23.8 Å². The minimum Gasteiger partial charge on any atom is -0.493 e. The van der Waals surface area contributed by atoms with Gasteiger partial charge in [-0.2, -0.15) is 0 Å². The summed E-state index contributed by atoms with van der Waals surface area (Å²) in [5, 5.41) is 0. The lowest BCUT2D eigenvalue weighted by Crippen LogP contribution is -2.30. The van der Waals surface area contributed by atoms with E-state index in [0.717, 1.165) is 48.3 Å². The second kappa shape index (κ2) is 8.50. The molecule has 0 unspecified atom stereocenters. The van der Waals surface area contributed by atoms with Crippen LogP contribution in [0.1, 0.15) is 62.5 Å². The minimum atomic E-state index is -0.405. The minimum absolute atomic E-state index is 0.0743. The molecular weight excluding hydrogens is 380 g/mol. The largest absolute Gasteiger partial charge is 0.493 e. The maximum atomic E-state index is 13.0. The Morgan fingerprint density at radius 3 is 2.23 bits per heavy atom. The fraction of sp³-hybridized carbons (Fsp3) is 0.440. The van der Waals surface area contributed by atoms with Crippen molar-refractivity contribution >= 4 is 11.6 Å². The fourth-order valence-corrected chi connectivity index (χ4v) is 4.80. The molecule has 1 aliphatic heterocycles. The standard InChI is InChI=1S/C25H28O5/c1-4-8-15-13-16(14-21(29-5-2)25(15)28-3)22-23-17(26)9-6-11-19(23)30-20-12-7-10-18(27)24(20)22/h4,13-14,22H,1,5-12H2,2-3H3. The number of hydrogen-bond acceptors (Lipinski definition) is 5. The van der Waals surface area contributed by atoms with Gasteiger partial charge >= 0.3 is 0 Å². The van der Waals surface area contributed by atoms with Crippen LogP contribution in [0.25, 0.3) is 0 Å². The Morgan fingerprint density at radius 2 is 1.70 bits per heavy atom. The van der Waals surface area contributed by atoms with E-state index in [1.165, 1.54) is 0 Å². The summed E-state index contributed by atoms with van der Waals surface area (Å²) in [4.78, 5) is 26.0. The number of ketones is 2. The molecule has 0 bridgehead atoms. The molecule has 0 amide bonds. The highest BCUT2D eigenvalue weighted by molar-refractivity contribution is 6.05. The lowest BCUT2D eigenvalue weighted by atomic mass is 9.73. The summed E-state index contributed by atoms with van der Waals surface area (Å²) in [7, 11) is 1.62. The maximum absolute atomic E-state index is 13.0. The van der Waals surface area contributed by atoms with Crippen molar-refractivity contribution in [3.05, 3.63) is 58.6 Å². The fourth-order valence-electron chi connectivity index (χ4n) is 4.80. The Morgan fingerprint density at radius 1 is 1.07 bits per heavy atom. The molecule has 0 saturated carbocycles. The highest BCUT2D eigenvalue weighted by atomic mass is 16.5. The molecule has 1 aromatic rings. The van der Waals surface area contributed by atoms with Gasteiger partial charge in [0.2, 0.25) is 0 Å². The third-order valence-corrected chi connectivity index (χ3v) is 6.00. The summed E-state index contributed by atoms with van der Waals surface area (Å²) < 4.78 is 17.6. The van der Waals surface area contributed by atoms with E-state index in [1.807, 2.05) is 25.1 Å². The predicted octanol–water partition coefficient (Wildman–Crippen LogP) is 4.95. The van der Waals surface area contributed by atoms with Crippen LogP contribution >= 0.6 is 0 Å². The number of allylic oxidation sites excluding steroid dienone is 5. The van der Waals surface area contributed by atoms with Gasteiger partial charge in [-0.15, -0.1) is 6.58 Å². The van der Waals surface area contributed by atoms with Crippen LogP contribution in [0.5, 0.6) is 11.5 Å². The lowest BCUT2D eigenvalue weighted by molar-refractivity contribution is -0.117. The number of Topliss-reactive ketones (excluding diaryl/α,β-unsaturated/α-hetero) is 2. The average Bonchev–Trinajstić information content (AvgIpc) is 2.73. The van der Waals surface area contributed by atoms with Gasteiger partial charge in [0, 0.05) is 48.3 Å². The first-order chi connectivity index (χ1) is 14.6. The quantitative estimate of drug-likeness (QED) is 0.623. The number of hydrogen-bond donors (Lipinski definition) is 0. The highest BCUT2D eigenvalue weighted by Gasteiger charge is 2.42. The smallest absolute Gasteiger partial charge is 0.164 e. The monoisotopic (exact) mass is 408 g/mol. The topological polar surface area (TPSA) is 61.8 Å². The van der Waals surface area contributed by atoms with Crippen LogP contribution in [0.3, 0.4) is 0 Å². The molecule has 1 heterocycles. The number of benzene rings is 1. The molecule has 0 saturated heterocycles. The van der Waals surface area contributed by atoms with E-state index in [1.54, 1.807) is 7.11 Å². The maximum Gasteiger partial charge on any atom is 0.164 e. The van der Waals surface area contributed by atoms with E-state index in [0.29, 0.717) is 48.5 Å². The number of carbonyl (C=O) groups excluding carboxylic acids is 2. The van der Waals surface area contributed by atoms with Crippen molar-refractivity contribution in [2.75, 3.05) is 13.7 Å². The Hall–Kier alpha value is -2.82. The zero-order valence-corrected chi connectivity index (χ0v) is 17.7. The van der Waals surface area contributed by atoms with Gasteiger partial charge in [0.05, 0.1) is 13.7 Å². The van der Waals surface area contributed by atoms with Gasteiger partial charge in [-0.3, -0.25) is 9.59 Å². The molecule has 0 atom stereocenters. The Balaban J connectivity index is 1.94. The van der Waals surface area contributed by atoms with Crippen molar-refractivity contribution in [2.45, 2.75) is 57.8 Å². The number of ether oxygens (including phenoxy) is 3. The van der Waals surface area contributed by atoms with E-state index in [4.69, 9.17) is 14.2 Å². The van der Waals surface area contributed by atoms with E-state index < -0.39 is 5.92 Å². The molecule has 2 aliphatic carbocycles. The van der Waals surface area contributed by atoms with Gasteiger partial charge in [0.15, 0.2) is 23.1 Å². The first kappa shape index (κ1) is 20.5. The molecule has 158 valence electrons. The van der Waals surface area contributed by atoms with Crippen molar-refractivity contribution in [3.63, 3.8) is 0 Å². The van der Waals surface area contributed by atoms with E-state index >= 15 is 0 Å². The highest BCUT2D eigenvalue weighted by Crippen LogP contribution is 2.49. The molecule has 30 heavy (non-hydrogen) atoms. The summed E-state index contributed by atoms with van der Waals surface area (Å²) in [6, 6.07) is 3.95. The second-order valence-electron chi connectivity index (χ2n) is 7.90. The van der Waals surface area contributed by atoms with Crippen LogP contribution in [-0.2, 0) is 20.7 Å². The van der Waals surface area contributed by atoms with Crippen LogP contribution in [0, 0.1) is 0 Å². The molecule has 3 aliphatic rings. The zero-order valence-electron chi connectivity index (χ0n) is 17.7. The van der Waals surface area contributed by atoms with E-state index in [2.05, 4.69) is 6.58 Å². The van der Waals surface area contributed by atoms with Crippen LogP contribution in [0.2, 0.25) is 0 Å². The van der Waals surface area contributed by atoms with Crippen molar-refractivity contribution in [2.24, 2.45) is 0 Å². The second-order valence-corrected chi connectivity index (χ2v) is 7.90. The van der Waals surface area contributed by atoms with Gasteiger partial charge < -0.3 is 14.2 Å². The Bertz CT molecular complexity index is 924. The van der Waals surface area contributed by atoms with Crippen molar-refractivity contribution in [1.82, 2.24) is 0 Å². The summed E-state index contributed by atoms with van der Waals surface area (Å²) >= 11 is 0. The Labute approximate surface area is 177 Å². The van der Waals surface area contributed by atoms with Gasteiger partial charge in [-0.05, 0) is 37.8 Å². The van der Waals surface area contributed by atoms with Crippen LogP contribution in [-0.4, -0.2) is 25.3 Å². The van der Waals surface area contributed by atoms with E-state index in [-0.39, 0.29) is 11.6 Å². The molecule has 5 heteroatoms. The molecule has 0 fully saturated rings. The zero-order chi connectivity index (χ0) is 21.3. The number of rotatable bonds is 6. The van der Waals surface area contributed by atoms with Gasteiger partial charge in [0.25, 0.3) is 0 Å². The summed E-state index contributed by atoms with van der Waals surface area (Å²) in [5.74, 6) is 2.51. The first-order valence-electron chi connectivity index (χ1n) is 10.7. The SMILES string of the molecule is C=CCc1cc(C2C3=C(CCCC3=O)OC3=C2C(=O)CCC3)cc(OCC)c1OC. The predicted molar refractivity (Wildman–Crippen MR) is 114 cm³/mol. The molecular formula is C25H28O5. The third-order valence-electron chi connectivity index (χ3n) is 6.00. The molecule has 0 radical (unpaired) electrons. The van der Waals surface area contributed by atoms with Crippen LogP contribution in [0.4, 0.5) is 0 Å². The molecule has 0 spiro atoms. The lowest BCUT2D eigenvalue weighted by Gasteiger charge is -2.36. The molecule has 0 aromatic heterocycles. The van der Waals surface area contributed by atoms with Gasteiger partial charge in [-0.1, -0.05) is 12.1 Å². The average molecular weight is 408 g/mol. The molecule has 0 N–H and O–H groups in total. The van der Waals surface area contributed by atoms with Gasteiger partial charge in [0.1, 0.15) is 11.5 Å². The molecule has 5 nitrogen and oxygen atoms in total. The summed E-state index contributed by atoms with van der Waals surface area (Å²) in [5.41, 5.74) is 3.10. The van der Waals surface area contributed by atoms with Gasteiger partial charge in [-0.25, -0.2) is 0 Å². The number of methoxy groups -OCH3 is 1. The van der Waals surface area contributed by atoms with Crippen LogP contribution in [0.15, 0.2) is 47.5 Å². The third kappa shape index (κ3) is 3.47. The Kier molecular flexibility index (Phi) is 5.80. The van der Waals surface area contributed by atoms with Crippen LogP contribution < -0.4 is 9.47 Å². The van der Waals surface area contributed by atoms with E-state index in [9.17, 15) is 9.59 Å². The normalized spacial score (nSPS) is 19.3. The van der Waals surface area contributed by atoms with Crippen molar-refractivity contribution in [3.8, 4) is 11.5 Å². The first-order valence-corrected chi connectivity index (χ1v) is 10.7. The molecule has 4 rings (SSSR count). The molecule has 1 aromatic carbocycles. The van der Waals surface area contributed by atoms with Crippen molar-refractivity contribution in [1.29, 1.82) is 0 Å².